The molecular formula is C30H21BrN2. The summed E-state index contributed by atoms with van der Waals surface area (Å²) in [5, 5.41) is 7.82. The summed E-state index contributed by atoms with van der Waals surface area (Å²) in [7, 11) is 0. The number of hydrogen-bond acceptors (Lipinski definition) is 0. The van der Waals surface area contributed by atoms with Gasteiger partial charge in [0.1, 0.15) is 12.7 Å². The number of imidazole rings is 1. The van der Waals surface area contributed by atoms with Crippen molar-refractivity contribution in [3.8, 4) is 0 Å². The van der Waals surface area contributed by atoms with Crippen LogP contribution in [0.5, 0.6) is 0 Å². The van der Waals surface area contributed by atoms with E-state index in [0.29, 0.717) is 0 Å². The molecule has 0 spiro atoms. The lowest BCUT2D eigenvalue weighted by molar-refractivity contribution is -0.636. The number of hydrogen-bond donors (Lipinski definition) is 0. The molecule has 0 aliphatic carbocycles. The van der Waals surface area contributed by atoms with Crippen molar-refractivity contribution in [2.75, 3.05) is 0 Å². The van der Waals surface area contributed by atoms with Crippen molar-refractivity contribution in [3.05, 3.63) is 121 Å². The zero-order valence-corrected chi connectivity index (χ0v) is 19.5. The summed E-state index contributed by atoms with van der Waals surface area (Å²) in [4.78, 5) is 0. The average molecular weight is 489 g/mol. The number of benzene rings is 5. The summed E-state index contributed by atoms with van der Waals surface area (Å²) in [5.41, 5.74) is 5.00. The minimum atomic E-state index is 0. The van der Waals surface area contributed by atoms with E-state index >= 15 is 0 Å². The Bertz CT molecular complexity index is 1800. The number of para-hydroxylation sites is 2. The minimum Gasteiger partial charge on any atom is -1.00 e. The number of nitrogens with zero attached hydrogens (tertiary/aromatic N) is 2. The van der Waals surface area contributed by atoms with E-state index in [2.05, 4.69) is 124 Å². The first kappa shape index (κ1) is 20.0. The van der Waals surface area contributed by atoms with Gasteiger partial charge in [0.05, 0.1) is 0 Å². The second kappa shape index (κ2) is 7.72. The molecule has 0 atom stereocenters. The molecule has 158 valence electrons. The summed E-state index contributed by atoms with van der Waals surface area (Å²) < 4.78 is 4.80. The molecule has 5 aromatic carbocycles. The van der Waals surface area contributed by atoms with Crippen molar-refractivity contribution in [1.82, 2.24) is 4.40 Å². The van der Waals surface area contributed by atoms with Crippen molar-refractivity contribution >= 4 is 49.0 Å². The van der Waals surface area contributed by atoms with E-state index < -0.39 is 0 Å². The molecule has 0 amide bonds. The lowest BCUT2D eigenvalue weighted by Gasteiger charge is -2.09. The van der Waals surface area contributed by atoms with Crippen molar-refractivity contribution in [2.45, 2.75) is 6.54 Å². The fourth-order valence-corrected chi connectivity index (χ4v) is 5.24. The quantitative estimate of drug-likeness (QED) is 0.257. The van der Waals surface area contributed by atoms with Crippen LogP contribution < -0.4 is 21.5 Å². The van der Waals surface area contributed by atoms with Crippen molar-refractivity contribution in [1.29, 1.82) is 0 Å². The summed E-state index contributed by atoms with van der Waals surface area (Å²) in [6.07, 6.45) is 2.34. The standard InChI is InChI=1S/C30H21N2.BrH/c1-2-10-21(11-3-1)19-31-28-16-8-9-17-29(28)32-20-27-25-15-7-5-13-23(25)22-12-4-6-14-24(22)26(27)18-30(31)32;/h1-18,20H,19H2;1H/q+1;/p-1. The molecule has 0 saturated heterocycles. The third-order valence-corrected chi connectivity index (χ3v) is 6.69. The van der Waals surface area contributed by atoms with Crippen molar-refractivity contribution in [3.63, 3.8) is 0 Å². The molecule has 0 aliphatic heterocycles. The lowest BCUT2D eigenvalue weighted by Crippen LogP contribution is -3.00. The van der Waals surface area contributed by atoms with Crippen LogP contribution in [0.4, 0.5) is 0 Å². The van der Waals surface area contributed by atoms with E-state index in [9.17, 15) is 0 Å². The first-order valence-electron chi connectivity index (χ1n) is 11.1. The predicted molar refractivity (Wildman–Crippen MR) is 133 cm³/mol. The second-order valence-electron chi connectivity index (χ2n) is 8.48. The first-order chi connectivity index (χ1) is 15.9. The van der Waals surface area contributed by atoms with Crippen LogP contribution in [-0.4, -0.2) is 4.40 Å². The molecule has 3 heteroatoms. The maximum absolute atomic E-state index is 2.44. The second-order valence-corrected chi connectivity index (χ2v) is 8.48. The minimum absolute atomic E-state index is 0. The van der Waals surface area contributed by atoms with Gasteiger partial charge in [0.15, 0.2) is 11.0 Å². The lowest BCUT2D eigenvalue weighted by atomic mass is 9.95. The van der Waals surface area contributed by atoms with Crippen molar-refractivity contribution in [2.24, 2.45) is 0 Å². The highest BCUT2D eigenvalue weighted by Gasteiger charge is 2.21. The van der Waals surface area contributed by atoms with Gasteiger partial charge in [-0.1, -0.05) is 91.0 Å². The normalized spacial score (nSPS) is 11.5. The van der Waals surface area contributed by atoms with Crippen LogP contribution in [0.2, 0.25) is 0 Å². The largest absolute Gasteiger partial charge is 1.00 e. The molecule has 2 heterocycles. The van der Waals surface area contributed by atoms with Crippen LogP contribution >= 0.6 is 0 Å². The van der Waals surface area contributed by atoms with E-state index in [1.165, 1.54) is 54.6 Å². The van der Waals surface area contributed by atoms with Crippen LogP contribution in [0.25, 0.3) is 49.0 Å². The highest BCUT2D eigenvalue weighted by Crippen LogP contribution is 2.35. The van der Waals surface area contributed by atoms with Gasteiger partial charge in [0.25, 0.3) is 5.65 Å². The molecule has 0 saturated carbocycles. The van der Waals surface area contributed by atoms with E-state index in [0.717, 1.165) is 6.54 Å². The highest BCUT2D eigenvalue weighted by atomic mass is 79.9. The molecule has 0 N–H and O–H groups in total. The fourth-order valence-electron chi connectivity index (χ4n) is 5.24. The zero-order chi connectivity index (χ0) is 21.1. The van der Waals surface area contributed by atoms with Crippen LogP contribution in [-0.2, 0) is 6.54 Å². The van der Waals surface area contributed by atoms with Crippen LogP contribution in [0.15, 0.2) is 115 Å². The molecule has 2 aromatic heterocycles. The van der Waals surface area contributed by atoms with Crippen LogP contribution in [0, 0.1) is 0 Å². The Morgan fingerprint density at radius 1 is 0.545 bits per heavy atom. The Morgan fingerprint density at radius 3 is 1.79 bits per heavy atom. The van der Waals surface area contributed by atoms with Gasteiger partial charge < -0.3 is 17.0 Å². The molecule has 2 nitrogen and oxygen atoms in total. The van der Waals surface area contributed by atoms with Gasteiger partial charge in [0, 0.05) is 16.8 Å². The van der Waals surface area contributed by atoms with Crippen molar-refractivity contribution < 1.29 is 21.5 Å². The highest BCUT2D eigenvalue weighted by molar-refractivity contribution is 6.25. The topological polar surface area (TPSA) is 8.29 Å². The van der Waals surface area contributed by atoms with Gasteiger partial charge in [-0.2, -0.15) is 4.40 Å². The molecule has 7 aromatic rings. The van der Waals surface area contributed by atoms with E-state index in [1.807, 2.05) is 0 Å². The van der Waals surface area contributed by atoms with E-state index in [1.54, 1.807) is 0 Å². The third kappa shape index (κ3) is 2.96. The van der Waals surface area contributed by atoms with Gasteiger partial charge in [0.2, 0.25) is 0 Å². The fraction of sp³-hybridized carbons (Fsp3) is 0.0333. The molecular weight excluding hydrogens is 468 g/mol. The maximum Gasteiger partial charge on any atom is 0.288 e. The Hall–Kier alpha value is -3.69. The molecule has 7 rings (SSSR count). The molecule has 0 radical (unpaired) electrons. The third-order valence-electron chi connectivity index (χ3n) is 6.69. The van der Waals surface area contributed by atoms with Gasteiger partial charge in [-0.3, -0.25) is 0 Å². The number of pyridine rings is 1. The smallest absolute Gasteiger partial charge is 0.288 e. The molecule has 33 heavy (non-hydrogen) atoms. The number of aromatic nitrogens is 2. The van der Waals surface area contributed by atoms with Crippen LogP contribution in [0.1, 0.15) is 5.56 Å². The average Bonchev–Trinajstić information content (AvgIpc) is 3.17. The molecule has 0 unspecified atom stereocenters. The van der Waals surface area contributed by atoms with Gasteiger partial charge in [-0.25, -0.2) is 4.57 Å². The molecule has 0 aliphatic rings. The van der Waals surface area contributed by atoms with Gasteiger partial charge in [-0.05, 0) is 39.2 Å². The summed E-state index contributed by atoms with van der Waals surface area (Å²) in [5.74, 6) is 0. The SMILES string of the molecule is [Br-].c1ccc(C[n+]2c3ccccc3n3cc4c5ccccc5c5ccccc5c4cc32)cc1. The number of halogens is 1. The monoisotopic (exact) mass is 488 g/mol. The van der Waals surface area contributed by atoms with Gasteiger partial charge >= 0.3 is 0 Å². The Morgan fingerprint density at radius 2 is 1.09 bits per heavy atom. The summed E-state index contributed by atoms with van der Waals surface area (Å²) >= 11 is 0. The Balaban J connectivity index is 0.00000206. The Kier molecular flexibility index (Phi) is 4.67. The van der Waals surface area contributed by atoms with E-state index in [4.69, 9.17) is 0 Å². The van der Waals surface area contributed by atoms with E-state index in [-0.39, 0.29) is 17.0 Å². The summed E-state index contributed by atoms with van der Waals surface area (Å²) in [6.45, 7) is 0.842. The Labute approximate surface area is 202 Å². The summed E-state index contributed by atoms with van der Waals surface area (Å²) in [6, 6.07) is 39.4. The van der Waals surface area contributed by atoms with Crippen LogP contribution in [0.3, 0.4) is 0 Å². The predicted octanol–water partition coefficient (Wildman–Crippen LogP) is 3.89. The molecule has 0 fully saturated rings. The first-order valence-corrected chi connectivity index (χ1v) is 11.1. The molecule has 0 bridgehead atoms. The number of fused-ring (bicyclic) bond motifs is 9. The maximum atomic E-state index is 2.44. The number of rotatable bonds is 2. The van der Waals surface area contributed by atoms with Gasteiger partial charge in [-0.15, -0.1) is 0 Å². The zero-order valence-electron chi connectivity index (χ0n) is 17.9.